The molecule has 2 heterocycles. The number of rotatable bonds is 7. The zero-order valence-corrected chi connectivity index (χ0v) is 14.5. The summed E-state index contributed by atoms with van der Waals surface area (Å²) < 4.78 is 16.3. The number of hydrogen-bond acceptors (Lipinski definition) is 8. The molecule has 0 aliphatic rings. The third-order valence-electron chi connectivity index (χ3n) is 3.10. The van der Waals surface area contributed by atoms with Gasteiger partial charge in [-0.25, -0.2) is 0 Å². The number of aromatic nitrogens is 4. The van der Waals surface area contributed by atoms with Crippen molar-refractivity contribution in [2.24, 2.45) is 0 Å². The molecule has 0 aliphatic carbocycles. The van der Waals surface area contributed by atoms with Gasteiger partial charge in [-0.1, -0.05) is 42.9 Å². The van der Waals surface area contributed by atoms with Crippen molar-refractivity contribution in [1.29, 1.82) is 0 Å². The van der Waals surface area contributed by atoms with E-state index in [0.29, 0.717) is 28.6 Å². The summed E-state index contributed by atoms with van der Waals surface area (Å²) in [5, 5.41) is 12.3. The molecule has 7 nitrogen and oxygen atoms in total. The van der Waals surface area contributed by atoms with Gasteiger partial charge in [0.1, 0.15) is 5.75 Å². The summed E-state index contributed by atoms with van der Waals surface area (Å²) in [7, 11) is 0. The lowest BCUT2D eigenvalue weighted by atomic mass is 10.2. The fourth-order valence-corrected chi connectivity index (χ4v) is 2.52. The third-order valence-corrected chi connectivity index (χ3v) is 3.92. The SMILES string of the molecule is Cc1cccc(OCc2nnc(SCc3noc(C(C)C)n3)o2)c1. The number of aryl methyl sites for hydroxylation is 1. The number of hydrogen-bond donors (Lipinski definition) is 0. The Labute approximate surface area is 143 Å². The average Bonchev–Trinajstić information content (AvgIpc) is 3.20. The molecular formula is C16H18N4O3S. The monoisotopic (exact) mass is 346 g/mol. The van der Waals surface area contributed by atoms with Gasteiger partial charge in [0.15, 0.2) is 12.4 Å². The van der Waals surface area contributed by atoms with Crippen LogP contribution < -0.4 is 4.74 Å². The van der Waals surface area contributed by atoms with Gasteiger partial charge in [0.2, 0.25) is 5.89 Å². The Morgan fingerprint density at radius 2 is 2.12 bits per heavy atom. The summed E-state index contributed by atoms with van der Waals surface area (Å²) in [6.07, 6.45) is 0. The van der Waals surface area contributed by atoms with Crippen molar-refractivity contribution in [2.45, 2.75) is 44.3 Å². The van der Waals surface area contributed by atoms with Gasteiger partial charge < -0.3 is 13.7 Å². The van der Waals surface area contributed by atoms with Crippen molar-refractivity contribution in [1.82, 2.24) is 20.3 Å². The molecule has 0 N–H and O–H groups in total. The maximum Gasteiger partial charge on any atom is 0.277 e. The molecule has 0 aliphatic heterocycles. The smallest absolute Gasteiger partial charge is 0.277 e. The lowest BCUT2D eigenvalue weighted by molar-refractivity contribution is 0.252. The minimum absolute atomic E-state index is 0.213. The van der Waals surface area contributed by atoms with Gasteiger partial charge in [0, 0.05) is 5.92 Å². The van der Waals surface area contributed by atoms with Crippen molar-refractivity contribution >= 4 is 11.8 Å². The quantitative estimate of drug-likeness (QED) is 0.598. The standard InChI is InChI=1S/C16H18N4O3S/c1-10(2)15-17-13(20-23-15)9-24-16-19-18-14(22-16)8-21-12-6-4-5-11(3)7-12/h4-7,10H,8-9H2,1-3H3. The highest BCUT2D eigenvalue weighted by atomic mass is 32.2. The van der Waals surface area contributed by atoms with Crippen molar-refractivity contribution in [3.05, 3.63) is 47.4 Å². The van der Waals surface area contributed by atoms with Gasteiger partial charge in [0.25, 0.3) is 11.1 Å². The molecule has 126 valence electrons. The second-order valence-electron chi connectivity index (χ2n) is 5.56. The molecule has 0 saturated carbocycles. The molecule has 8 heteroatoms. The first kappa shape index (κ1) is 16.5. The maximum absolute atomic E-state index is 5.63. The Kier molecular flexibility index (Phi) is 5.14. The van der Waals surface area contributed by atoms with Crippen molar-refractivity contribution in [3.8, 4) is 5.75 Å². The highest BCUT2D eigenvalue weighted by molar-refractivity contribution is 7.98. The Morgan fingerprint density at radius 3 is 2.88 bits per heavy atom. The van der Waals surface area contributed by atoms with Crippen LogP contribution in [0.4, 0.5) is 0 Å². The summed E-state index contributed by atoms with van der Waals surface area (Å²) in [6.45, 7) is 6.25. The molecule has 0 amide bonds. The van der Waals surface area contributed by atoms with E-state index in [1.54, 1.807) is 0 Å². The van der Waals surface area contributed by atoms with Gasteiger partial charge in [-0.05, 0) is 24.6 Å². The van der Waals surface area contributed by atoms with Crippen LogP contribution in [0.25, 0.3) is 0 Å². The van der Waals surface area contributed by atoms with Crippen LogP contribution in [0.15, 0.2) is 38.4 Å². The second kappa shape index (κ2) is 7.48. The fourth-order valence-electron chi connectivity index (χ4n) is 1.89. The average molecular weight is 346 g/mol. The molecule has 2 aromatic heterocycles. The van der Waals surface area contributed by atoms with E-state index in [1.165, 1.54) is 11.8 Å². The first-order valence-corrected chi connectivity index (χ1v) is 8.56. The van der Waals surface area contributed by atoms with Crippen LogP contribution in [0.1, 0.15) is 42.9 Å². The van der Waals surface area contributed by atoms with Crippen LogP contribution in [0.5, 0.6) is 5.75 Å². The Bertz CT molecular complexity index is 800. The predicted octanol–water partition coefficient (Wildman–Crippen LogP) is 3.76. The van der Waals surface area contributed by atoms with E-state index in [-0.39, 0.29) is 12.5 Å². The third kappa shape index (κ3) is 4.35. The summed E-state index contributed by atoms with van der Waals surface area (Å²) in [5.41, 5.74) is 1.13. The van der Waals surface area contributed by atoms with Crippen LogP contribution in [-0.4, -0.2) is 20.3 Å². The lowest BCUT2D eigenvalue weighted by Crippen LogP contribution is -1.95. The van der Waals surface area contributed by atoms with Crippen molar-refractivity contribution < 1.29 is 13.7 Å². The molecule has 3 aromatic rings. The molecule has 0 spiro atoms. The molecule has 1 aromatic carbocycles. The molecule has 3 rings (SSSR count). The second-order valence-corrected chi connectivity index (χ2v) is 6.49. The summed E-state index contributed by atoms with van der Waals surface area (Å²) >= 11 is 1.36. The molecular weight excluding hydrogens is 328 g/mol. The number of benzene rings is 1. The van der Waals surface area contributed by atoms with E-state index in [4.69, 9.17) is 13.7 Å². The summed E-state index contributed by atoms with van der Waals surface area (Å²) in [6, 6.07) is 7.79. The van der Waals surface area contributed by atoms with Gasteiger partial charge >= 0.3 is 0 Å². The Balaban J connectivity index is 1.51. The first-order valence-electron chi connectivity index (χ1n) is 7.57. The van der Waals surface area contributed by atoms with Crippen LogP contribution in [-0.2, 0) is 12.4 Å². The van der Waals surface area contributed by atoms with Crippen LogP contribution >= 0.6 is 11.8 Å². The number of nitrogens with zero attached hydrogens (tertiary/aromatic N) is 4. The van der Waals surface area contributed by atoms with E-state index in [0.717, 1.165) is 11.3 Å². The fraction of sp³-hybridized carbons (Fsp3) is 0.375. The highest BCUT2D eigenvalue weighted by Crippen LogP contribution is 2.22. The molecule has 0 fully saturated rings. The minimum atomic E-state index is 0.213. The number of thioether (sulfide) groups is 1. The topological polar surface area (TPSA) is 87.1 Å². The van der Waals surface area contributed by atoms with Crippen LogP contribution in [0.3, 0.4) is 0 Å². The van der Waals surface area contributed by atoms with E-state index < -0.39 is 0 Å². The first-order chi connectivity index (χ1) is 11.6. The van der Waals surface area contributed by atoms with Crippen LogP contribution in [0, 0.1) is 6.92 Å². The van der Waals surface area contributed by atoms with Gasteiger partial charge in [-0.3, -0.25) is 0 Å². The summed E-state index contributed by atoms with van der Waals surface area (Å²) in [4.78, 5) is 4.30. The zero-order valence-electron chi connectivity index (χ0n) is 13.7. The molecule has 0 bridgehead atoms. The molecule has 0 radical (unpaired) electrons. The van der Waals surface area contributed by atoms with E-state index >= 15 is 0 Å². The Morgan fingerprint density at radius 1 is 1.25 bits per heavy atom. The molecule has 0 atom stereocenters. The van der Waals surface area contributed by atoms with Crippen molar-refractivity contribution in [3.63, 3.8) is 0 Å². The van der Waals surface area contributed by atoms with E-state index in [2.05, 4.69) is 20.3 Å². The summed E-state index contributed by atoms with van der Waals surface area (Å²) in [5.74, 6) is 3.16. The van der Waals surface area contributed by atoms with Gasteiger partial charge in [0.05, 0.1) is 5.75 Å². The molecule has 24 heavy (non-hydrogen) atoms. The van der Waals surface area contributed by atoms with E-state index in [1.807, 2.05) is 45.0 Å². The van der Waals surface area contributed by atoms with Gasteiger partial charge in [-0.15, -0.1) is 10.2 Å². The maximum atomic E-state index is 5.63. The minimum Gasteiger partial charge on any atom is -0.484 e. The molecule has 0 saturated heterocycles. The van der Waals surface area contributed by atoms with Crippen molar-refractivity contribution in [2.75, 3.05) is 0 Å². The Hall–Kier alpha value is -2.35. The van der Waals surface area contributed by atoms with Gasteiger partial charge in [-0.2, -0.15) is 4.98 Å². The normalized spacial score (nSPS) is 11.2. The largest absolute Gasteiger partial charge is 0.484 e. The molecule has 0 unspecified atom stereocenters. The predicted molar refractivity (Wildman–Crippen MR) is 87.8 cm³/mol. The zero-order chi connectivity index (χ0) is 16.9. The lowest BCUT2D eigenvalue weighted by Gasteiger charge is -2.03. The number of ether oxygens (including phenoxy) is 1. The highest BCUT2D eigenvalue weighted by Gasteiger charge is 2.13. The van der Waals surface area contributed by atoms with E-state index in [9.17, 15) is 0 Å². The van der Waals surface area contributed by atoms with Crippen LogP contribution in [0.2, 0.25) is 0 Å².